The number of piperazine rings is 1. The molecule has 0 saturated carbocycles. The van der Waals surface area contributed by atoms with Crippen LogP contribution >= 0.6 is 11.6 Å². The summed E-state index contributed by atoms with van der Waals surface area (Å²) in [6, 6.07) is 5.68. The summed E-state index contributed by atoms with van der Waals surface area (Å²) in [5.41, 5.74) is 7.18. The molecule has 5 heteroatoms. The van der Waals surface area contributed by atoms with Gasteiger partial charge >= 0.3 is 0 Å². The third-order valence-corrected chi connectivity index (χ3v) is 3.90. The lowest BCUT2D eigenvalue weighted by molar-refractivity contribution is -0.139. The second-order valence-electron chi connectivity index (χ2n) is 6.24. The number of benzene rings is 1. The molecule has 0 bridgehead atoms. The first-order valence-corrected chi connectivity index (χ1v) is 7.26. The third-order valence-electron chi connectivity index (χ3n) is 3.55. The quantitative estimate of drug-likeness (QED) is 0.810. The Morgan fingerprint density at radius 2 is 1.80 bits per heavy atom. The molecule has 2 rings (SSSR count). The molecule has 20 heavy (non-hydrogen) atoms. The van der Waals surface area contributed by atoms with E-state index in [9.17, 15) is 4.79 Å². The lowest BCUT2D eigenvalue weighted by Gasteiger charge is -2.38. The van der Waals surface area contributed by atoms with Gasteiger partial charge in [-0.2, -0.15) is 0 Å². The zero-order valence-electron chi connectivity index (χ0n) is 12.3. The first-order valence-electron chi connectivity index (χ1n) is 6.88. The maximum absolute atomic E-state index is 12.2. The number of hydrogen-bond acceptors (Lipinski definition) is 3. The smallest absolute Gasteiger partial charge is 0.228 e. The molecule has 4 nitrogen and oxygen atoms in total. The monoisotopic (exact) mass is 295 g/mol. The summed E-state index contributed by atoms with van der Waals surface area (Å²) in [5, 5.41) is 0.579. The highest BCUT2D eigenvalue weighted by atomic mass is 35.5. The summed E-state index contributed by atoms with van der Waals surface area (Å²) in [5.74, 6) is 0.216. The van der Waals surface area contributed by atoms with Crippen molar-refractivity contribution in [2.45, 2.75) is 20.8 Å². The largest absolute Gasteiger partial charge is 0.397 e. The van der Waals surface area contributed by atoms with Crippen LogP contribution in [0.4, 0.5) is 11.4 Å². The van der Waals surface area contributed by atoms with Crippen molar-refractivity contribution in [1.29, 1.82) is 0 Å². The fourth-order valence-corrected chi connectivity index (χ4v) is 2.49. The molecule has 1 aromatic carbocycles. The van der Waals surface area contributed by atoms with Crippen LogP contribution in [0, 0.1) is 5.41 Å². The van der Waals surface area contributed by atoms with Gasteiger partial charge in [-0.05, 0) is 18.2 Å². The average molecular weight is 296 g/mol. The standard InChI is InChI=1S/C15H22ClN3O/c1-15(2,3)14(20)19-8-6-18(7-9-19)11-4-5-12(16)13(17)10-11/h4-5,10H,6-9,17H2,1-3H3. The Balaban J connectivity index is 2.01. The van der Waals surface area contributed by atoms with Crippen molar-refractivity contribution < 1.29 is 4.79 Å². The lowest BCUT2D eigenvalue weighted by Crippen LogP contribution is -2.51. The summed E-state index contributed by atoms with van der Waals surface area (Å²) < 4.78 is 0. The summed E-state index contributed by atoms with van der Waals surface area (Å²) >= 11 is 5.94. The molecule has 0 radical (unpaired) electrons. The molecule has 1 aromatic rings. The fraction of sp³-hybridized carbons (Fsp3) is 0.533. The Labute approximate surface area is 125 Å². The van der Waals surface area contributed by atoms with E-state index < -0.39 is 0 Å². The molecule has 0 aliphatic carbocycles. The van der Waals surface area contributed by atoms with Gasteiger partial charge in [0.1, 0.15) is 0 Å². The van der Waals surface area contributed by atoms with Gasteiger partial charge in [0.2, 0.25) is 5.91 Å². The number of amides is 1. The van der Waals surface area contributed by atoms with Crippen LogP contribution in [0.25, 0.3) is 0 Å². The Morgan fingerprint density at radius 1 is 1.20 bits per heavy atom. The van der Waals surface area contributed by atoms with Crippen LogP contribution in [0.5, 0.6) is 0 Å². The summed E-state index contributed by atoms with van der Waals surface area (Å²) in [6.45, 7) is 9.02. The molecule has 1 amide bonds. The Morgan fingerprint density at radius 3 is 2.30 bits per heavy atom. The number of halogens is 1. The minimum atomic E-state index is -0.313. The van der Waals surface area contributed by atoms with Crippen LogP contribution in [0.3, 0.4) is 0 Å². The summed E-state index contributed by atoms with van der Waals surface area (Å²) in [7, 11) is 0. The minimum absolute atomic E-state index is 0.216. The van der Waals surface area contributed by atoms with Gasteiger partial charge < -0.3 is 15.5 Å². The molecular weight excluding hydrogens is 274 g/mol. The second-order valence-corrected chi connectivity index (χ2v) is 6.64. The van der Waals surface area contributed by atoms with E-state index in [1.54, 1.807) is 0 Å². The van der Waals surface area contributed by atoms with Crippen LogP contribution in [0.1, 0.15) is 20.8 Å². The molecule has 1 heterocycles. The molecule has 0 aromatic heterocycles. The van der Waals surface area contributed by atoms with Gasteiger partial charge in [0.25, 0.3) is 0 Å². The van der Waals surface area contributed by atoms with Crippen LogP contribution in [0.15, 0.2) is 18.2 Å². The van der Waals surface area contributed by atoms with E-state index in [1.165, 1.54) is 0 Å². The fourth-order valence-electron chi connectivity index (χ4n) is 2.37. The van der Waals surface area contributed by atoms with Crippen molar-refractivity contribution in [3.8, 4) is 0 Å². The van der Waals surface area contributed by atoms with E-state index in [1.807, 2.05) is 43.9 Å². The predicted octanol–water partition coefficient (Wildman–Crippen LogP) is 2.62. The molecule has 0 atom stereocenters. The van der Waals surface area contributed by atoms with Gasteiger partial charge in [-0.1, -0.05) is 32.4 Å². The number of rotatable bonds is 1. The normalized spacial score (nSPS) is 16.4. The van der Waals surface area contributed by atoms with Crippen LogP contribution in [-0.4, -0.2) is 37.0 Å². The maximum Gasteiger partial charge on any atom is 0.228 e. The molecule has 2 N–H and O–H groups in total. The first kappa shape index (κ1) is 15.0. The van der Waals surface area contributed by atoms with E-state index in [4.69, 9.17) is 17.3 Å². The van der Waals surface area contributed by atoms with Crippen LogP contribution in [0.2, 0.25) is 5.02 Å². The van der Waals surface area contributed by atoms with Crippen molar-refractivity contribution in [3.05, 3.63) is 23.2 Å². The van der Waals surface area contributed by atoms with Crippen molar-refractivity contribution in [2.24, 2.45) is 5.41 Å². The van der Waals surface area contributed by atoms with Crippen molar-refractivity contribution >= 4 is 28.9 Å². The number of nitrogen functional groups attached to an aromatic ring is 1. The number of carbonyl (C=O) groups excluding carboxylic acids is 1. The molecule has 1 saturated heterocycles. The van der Waals surface area contributed by atoms with Gasteiger partial charge in [0.05, 0.1) is 10.7 Å². The lowest BCUT2D eigenvalue weighted by atomic mass is 9.94. The van der Waals surface area contributed by atoms with Gasteiger partial charge in [-0.25, -0.2) is 0 Å². The van der Waals surface area contributed by atoms with Crippen LogP contribution in [-0.2, 0) is 4.79 Å². The molecule has 0 spiro atoms. The van der Waals surface area contributed by atoms with E-state index >= 15 is 0 Å². The number of nitrogens with zero attached hydrogens (tertiary/aromatic N) is 2. The number of anilines is 2. The van der Waals surface area contributed by atoms with E-state index in [0.717, 1.165) is 31.9 Å². The zero-order valence-corrected chi connectivity index (χ0v) is 13.1. The number of hydrogen-bond donors (Lipinski definition) is 1. The molecular formula is C15H22ClN3O. The van der Waals surface area contributed by atoms with Gasteiger partial charge in [0.15, 0.2) is 0 Å². The molecule has 0 unspecified atom stereocenters. The number of nitrogens with two attached hydrogens (primary N) is 1. The van der Waals surface area contributed by atoms with Crippen molar-refractivity contribution in [3.63, 3.8) is 0 Å². The van der Waals surface area contributed by atoms with Gasteiger partial charge in [-0.15, -0.1) is 0 Å². The SMILES string of the molecule is CC(C)(C)C(=O)N1CCN(c2ccc(Cl)c(N)c2)CC1. The van der Waals surface area contributed by atoms with Gasteiger partial charge in [0, 0.05) is 37.3 Å². The highest BCUT2D eigenvalue weighted by Crippen LogP contribution is 2.26. The minimum Gasteiger partial charge on any atom is -0.397 e. The van der Waals surface area contributed by atoms with Crippen molar-refractivity contribution in [2.75, 3.05) is 36.8 Å². The molecule has 1 fully saturated rings. The van der Waals surface area contributed by atoms with Crippen molar-refractivity contribution in [1.82, 2.24) is 4.90 Å². The zero-order chi connectivity index (χ0) is 14.9. The van der Waals surface area contributed by atoms with Crippen LogP contribution < -0.4 is 10.6 Å². The Bertz CT molecular complexity index is 502. The predicted molar refractivity (Wildman–Crippen MR) is 84.1 cm³/mol. The summed E-state index contributed by atoms with van der Waals surface area (Å²) in [4.78, 5) is 16.4. The average Bonchev–Trinajstić information content (AvgIpc) is 2.40. The third kappa shape index (κ3) is 3.18. The highest BCUT2D eigenvalue weighted by Gasteiger charge is 2.29. The topological polar surface area (TPSA) is 49.6 Å². The second kappa shape index (κ2) is 5.52. The molecule has 1 aliphatic rings. The first-order chi connectivity index (χ1) is 9.29. The maximum atomic E-state index is 12.2. The highest BCUT2D eigenvalue weighted by molar-refractivity contribution is 6.33. The van der Waals surface area contributed by atoms with Gasteiger partial charge in [-0.3, -0.25) is 4.79 Å². The van der Waals surface area contributed by atoms with E-state index in [0.29, 0.717) is 10.7 Å². The number of carbonyl (C=O) groups is 1. The molecule has 1 aliphatic heterocycles. The van der Waals surface area contributed by atoms with E-state index in [-0.39, 0.29) is 11.3 Å². The Kier molecular flexibility index (Phi) is 4.14. The Hall–Kier alpha value is -1.42. The van der Waals surface area contributed by atoms with E-state index in [2.05, 4.69) is 4.90 Å². The summed E-state index contributed by atoms with van der Waals surface area (Å²) in [6.07, 6.45) is 0. The molecule has 110 valence electrons.